The third-order valence-corrected chi connectivity index (χ3v) is 2.24. The van der Waals surface area contributed by atoms with Gasteiger partial charge in [0.1, 0.15) is 0 Å². The summed E-state index contributed by atoms with van der Waals surface area (Å²) in [5.41, 5.74) is 4.54. The summed E-state index contributed by atoms with van der Waals surface area (Å²) in [6.45, 7) is 1.81. The topological polar surface area (TPSA) is 70.1 Å². The highest BCUT2D eigenvalue weighted by Gasteiger charge is 2.04. The molecule has 0 bridgehead atoms. The van der Waals surface area contributed by atoms with E-state index < -0.39 is 0 Å². The molecule has 0 saturated heterocycles. The van der Waals surface area contributed by atoms with E-state index in [4.69, 9.17) is 0 Å². The Morgan fingerprint density at radius 1 is 1.41 bits per heavy atom. The lowest BCUT2D eigenvalue weighted by Gasteiger charge is -2.00. The first kappa shape index (κ1) is 11.1. The van der Waals surface area contributed by atoms with Crippen LogP contribution in [0.3, 0.4) is 0 Å². The molecule has 5 heteroatoms. The Labute approximate surface area is 98.6 Å². The van der Waals surface area contributed by atoms with E-state index in [0.717, 1.165) is 5.69 Å². The Morgan fingerprint density at radius 3 is 2.94 bits per heavy atom. The van der Waals surface area contributed by atoms with E-state index >= 15 is 0 Å². The summed E-state index contributed by atoms with van der Waals surface area (Å²) in [4.78, 5) is 18.5. The number of H-pyrrole nitrogens is 1. The monoisotopic (exact) mass is 228 g/mol. The average Bonchev–Trinajstić information content (AvgIpc) is 2.90. The summed E-state index contributed by atoms with van der Waals surface area (Å²) in [7, 11) is 0. The zero-order valence-corrected chi connectivity index (χ0v) is 9.34. The average molecular weight is 228 g/mol. The molecule has 0 saturated carbocycles. The van der Waals surface area contributed by atoms with Crippen molar-refractivity contribution in [2.24, 2.45) is 5.10 Å². The highest BCUT2D eigenvalue weighted by molar-refractivity contribution is 5.99. The van der Waals surface area contributed by atoms with E-state index in [2.05, 4.69) is 20.5 Å². The van der Waals surface area contributed by atoms with Gasteiger partial charge in [0.25, 0.3) is 5.91 Å². The number of carbonyl (C=O) groups excluding carboxylic acids is 1. The van der Waals surface area contributed by atoms with Gasteiger partial charge in [0.15, 0.2) is 0 Å². The molecular formula is C12H12N4O. The molecule has 0 aliphatic carbocycles. The maximum atomic E-state index is 11.7. The van der Waals surface area contributed by atoms with Crippen molar-refractivity contribution < 1.29 is 4.79 Å². The van der Waals surface area contributed by atoms with Gasteiger partial charge >= 0.3 is 0 Å². The standard InChI is InChI=1S/C12H12N4O/c1-9(11-5-3-7-14-11)15-16-12(17)10-4-2-6-13-8-10/h2-8,14H,1H3,(H,16,17)/b15-9+. The molecular weight excluding hydrogens is 216 g/mol. The van der Waals surface area contributed by atoms with Gasteiger partial charge in [-0.15, -0.1) is 0 Å². The molecule has 86 valence electrons. The van der Waals surface area contributed by atoms with Gasteiger partial charge in [-0.2, -0.15) is 5.10 Å². The van der Waals surface area contributed by atoms with Gasteiger partial charge in [-0.25, -0.2) is 5.43 Å². The minimum atomic E-state index is -0.274. The first-order valence-corrected chi connectivity index (χ1v) is 5.16. The second kappa shape index (κ2) is 5.07. The molecule has 2 rings (SSSR count). The van der Waals surface area contributed by atoms with Crippen molar-refractivity contribution in [3.8, 4) is 0 Å². The van der Waals surface area contributed by atoms with Crippen molar-refractivity contribution in [3.63, 3.8) is 0 Å². The maximum Gasteiger partial charge on any atom is 0.272 e. The number of carbonyl (C=O) groups is 1. The number of nitrogens with zero attached hydrogens (tertiary/aromatic N) is 2. The van der Waals surface area contributed by atoms with Crippen LogP contribution in [-0.4, -0.2) is 21.6 Å². The second-order valence-electron chi connectivity index (χ2n) is 3.46. The Morgan fingerprint density at radius 2 is 2.29 bits per heavy atom. The van der Waals surface area contributed by atoms with Crippen LogP contribution < -0.4 is 5.43 Å². The number of hydrazone groups is 1. The van der Waals surface area contributed by atoms with Crippen LogP contribution in [0.2, 0.25) is 0 Å². The zero-order chi connectivity index (χ0) is 12.1. The van der Waals surface area contributed by atoms with Gasteiger partial charge in [0.05, 0.1) is 17.0 Å². The summed E-state index contributed by atoms with van der Waals surface area (Å²) in [6, 6.07) is 7.14. The fourth-order valence-electron chi connectivity index (χ4n) is 1.31. The van der Waals surface area contributed by atoms with Gasteiger partial charge in [0.2, 0.25) is 0 Å². The number of rotatable bonds is 3. The van der Waals surface area contributed by atoms with Crippen LogP contribution in [0.5, 0.6) is 0 Å². The third-order valence-electron chi connectivity index (χ3n) is 2.24. The van der Waals surface area contributed by atoms with Crippen molar-refractivity contribution in [1.82, 2.24) is 15.4 Å². The normalized spacial score (nSPS) is 11.2. The summed E-state index contributed by atoms with van der Waals surface area (Å²) in [6.07, 6.45) is 4.91. The number of pyridine rings is 1. The van der Waals surface area contributed by atoms with E-state index in [-0.39, 0.29) is 5.91 Å². The van der Waals surface area contributed by atoms with E-state index in [1.807, 2.05) is 19.1 Å². The molecule has 2 N–H and O–H groups in total. The Kier molecular flexibility index (Phi) is 3.30. The molecule has 0 radical (unpaired) electrons. The van der Waals surface area contributed by atoms with Crippen LogP contribution in [0.15, 0.2) is 48.0 Å². The molecule has 0 fully saturated rings. The Bertz CT molecular complexity index is 517. The maximum absolute atomic E-state index is 11.7. The van der Waals surface area contributed by atoms with Crippen LogP contribution >= 0.6 is 0 Å². The molecule has 0 unspecified atom stereocenters. The number of aromatic nitrogens is 2. The molecule has 2 heterocycles. The molecule has 0 spiro atoms. The SMILES string of the molecule is C/C(=N\NC(=O)c1cccnc1)c1ccc[nH]1. The largest absolute Gasteiger partial charge is 0.360 e. The van der Waals surface area contributed by atoms with Crippen molar-refractivity contribution in [1.29, 1.82) is 0 Å². The molecule has 2 aromatic rings. The first-order valence-electron chi connectivity index (χ1n) is 5.16. The van der Waals surface area contributed by atoms with Gasteiger partial charge in [-0.05, 0) is 31.2 Å². The second-order valence-corrected chi connectivity index (χ2v) is 3.46. The van der Waals surface area contributed by atoms with Gasteiger partial charge in [-0.3, -0.25) is 9.78 Å². The molecule has 0 aliphatic rings. The first-order chi connectivity index (χ1) is 8.27. The lowest BCUT2D eigenvalue weighted by molar-refractivity contribution is 0.0954. The zero-order valence-electron chi connectivity index (χ0n) is 9.34. The smallest absolute Gasteiger partial charge is 0.272 e. The Hall–Kier alpha value is -2.43. The predicted octanol–water partition coefficient (Wildman–Crippen LogP) is 1.56. The molecule has 17 heavy (non-hydrogen) atoms. The van der Waals surface area contributed by atoms with Crippen LogP contribution in [-0.2, 0) is 0 Å². The number of nitrogens with one attached hydrogen (secondary N) is 2. The van der Waals surface area contributed by atoms with Crippen molar-refractivity contribution in [2.75, 3.05) is 0 Å². The van der Waals surface area contributed by atoms with E-state index in [0.29, 0.717) is 11.3 Å². The van der Waals surface area contributed by atoms with E-state index in [1.54, 1.807) is 24.5 Å². The fraction of sp³-hybridized carbons (Fsp3) is 0.0833. The van der Waals surface area contributed by atoms with Gasteiger partial charge in [0, 0.05) is 18.6 Å². The number of aromatic amines is 1. The highest BCUT2D eigenvalue weighted by atomic mass is 16.2. The van der Waals surface area contributed by atoms with Gasteiger partial charge in [-0.1, -0.05) is 0 Å². The highest BCUT2D eigenvalue weighted by Crippen LogP contribution is 1.98. The van der Waals surface area contributed by atoms with Crippen LogP contribution in [0.4, 0.5) is 0 Å². The fourth-order valence-corrected chi connectivity index (χ4v) is 1.31. The number of hydrogen-bond donors (Lipinski definition) is 2. The molecule has 0 aromatic carbocycles. The third kappa shape index (κ3) is 2.78. The van der Waals surface area contributed by atoms with Crippen LogP contribution in [0, 0.1) is 0 Å². The lowest BCUT2D eigenvalue weighted by Crippen LogP contribution is -2.19. The molecule has 0 atom stereocenters. The van der Waals surface area contributed by atoms with E-state index in [1.165, 1.54) is 6.20 Å². The molecule has 0 aliphatic heterocycles. The minimum absolute atomic E-state index is 0.274. The molecule has 2 aromatic heterocycles. The minimum Gasteiger partial charge on any atom is -0.360 e. The van der Waals surface area contributed by atoms with Crippen LogP contribution in [0.25, 0.3) is 0 Å². The van der Waals surface area contributed by atoms with Gasteiger partial charge < -0.3 is 4.98 Å². The summed E-state index contributed by atoms with van der Waals surface area (Å²) < 4.78 is 0. The van der Waals surface area contributed by atoms with Crippen molar-refractivity contribution in [2.45, 2.75) is 6.92 Å². The molecule has 5 nitrogen and oxygen atoms in total. The lowest BCUT2D eigenvalue weighted by atomic mass is 10.3. The molecule has 1 amide bonds. The van der Waals surface area contributed by atoms with Crippen molar-refractivity contribution >= 4 is 11.6 Å². The number of amides is 1. The van der Waals surface area contributed by atoms with Crippen molar-refractivity contribution in [3.05, 3.63) is 54.1 Å². The van der Waals surface area contributed by atoms with E-state index in [9.17, 15) is 4.79 Å². The summed E-state index contributed by atoms with van der Waals surface area (Å²) in [5.74, 6) is -0.274. The van der Waals surface area contributed by atoms with Crippen LogP contribution in [0.1, 0.15) is 23.0 Å². The summed E-state index contributed by atoms with van der Waals surface area (Å²) in [5, 5.41) is 4.00. The summed E-state index contributed by atoms with van der Waals surface area (Å²) >= 11 is 0. The quantitative estimate of drug-likeness (QED) is 0.618. The number of hydrogen-bond acceptors (Lipinski definition) is 3. The Balaban J connectivity index is 2.04. The predicted molar refractivity (Wildman–Crippen MR) is 64.7 cm³/mol.